The molecule has 1 aromatic carbocycles. The monoisotopic (exact) mass is 319 g/mol. The number of nitrogens with zero attached hydrogens (tertiary/aromatic N) is 2. The van der Waals surface area contributed by atoms with Crippen molar-refractivity contribution < 1.29 is 9.18 Å². The van der Waals surface area contributed by atoms with Crippen LogP contribution in [0.4, 0.5) is 4.39 Å². The van der Waals surface area contributed by atoms with Crippen molar-refractivity contribution in [1.82, 2.24) is 15.2 Å². The van der Waals surface area contributed by atoms with Crippen LogP contribution in [0.3, 0.4) is 0 Å². The molecule has 0 aliphatic carbocycles. The van der Waals surface area contributed by atoms with Crippen LogP contribution in [0.2, 0.25) is 0 Å². The molecule has 4 nitrogen and oxygen atoms in total. The Labute approximate surface area is 133 Å². The number of thiazole rings is 1. The first kappa shape index (κ1) is 15.1. The molecule has 1 fully saturated rings. The van der Waals surface area contributed by atoms with Crippen molar-refractivity contribution in [3.63, 3.8) is 0 Å². The van der Waals surface area contributed by atoms with Gasteiger partial charge in [0.1, 0.15) is 15.7 Å². The molecule has 116 valence electrons. The number of carbonyl (C=O) groups excluding carboxylic acids is 1. The molecule has 1 aliphatic rings. The molecule has 22 heavy (non-hydrogen) atoms. The third kappa shape index (κ3) is 2.89. The van der Waals surface area contributed by atoms with Crippen molar-refractivity contribution in [2.45, 2.75) is 18.9 Å². The first-order valence-corrected chi connectivity index (χ1v) is 8.18. The summed E-state index contributed by atoms with van der Waals surface area (Å²) < 4.78 is 13.8. The average molecular weight is 319 g/mol. The molecule has 1 saturated heterocycles. The van der Waals surface area contributed by atoms with E-state index in [2.05, 4.69) is 10.3 Å². The Morgan fingerprint density at radius 1 is 1.50 bits per heavy atom. The summed E-state index contributed by atoms with van der Waals surface area (Å²) in [6.45, 7) is 1.57. The Hall–Kier alpha value is -1.79. The van der Waals surface area contributed by atoms with Gasteiger partial charge in [0.2, 0.25) is 0 Å². The van der Waals surface area contributed by atoms with Gasteiger partial charge in [0.25, 0.3) is 5.91 Å². The molecular formula is C16H18FN3OS. The lowest BCUT2D eigenvalue weighted by Gasteiger charge is -2.23. The second-order valence-electron chi connectivity index (χ2n) is 5.36. The highest BCUT2D eigenvalue weighted by atomic mass is 32.1. The molecular weight excluding hydrogens is 301 g/mol. The lowest BCUT2D eigenvalue weighted by Crippen LogP contribution is -2.40. The highest BCUT2D eigenvalue weighted by Crippen LogP contribution is 2.29. The van der Waals surface area contributed by atoms with Gasteiger partial charge in [-0.15, -0.1) is 11.3 Å². The van der Waals surface area contributed by atoms with Crippen molar-refractivity contribution in [1.29, 1.82) is 0 Å². The summed E-state index contributed by atoms with van der Waals surface area (Å²) in [6.07, 6.45) is 3.60. The molecule has 0 radical (unpaired) electrons. The van der Waals surface area contributed by atoms with Crippen molar-refractivity contribution >= 4 is 17.2 Å². The molecule has 0 saturated carbocycles. The van der Waals surface area contributed by atoms with Crippen LogP contribution in [0.15, 0.2) is 30.5 Å². The standard InChI is InChI=1S/C16H18FN3OS/c1-18-9-11-5-4-8-20(11)16(21)14-10-19-15(22-14)12-6-2-3-7-13(12)17/h2-3,6-7,10-11,18H,4-5,8-9H2,1H3. The van der Waals surface area contributed by atoms with Gasteiger partial charge in [-0.2, -0.15) is 0 Å². The normalized spacial score (nSPS) is 17.9. The summed E-state index contributed by atoms with van der Waals surface area (Å²) in [5.41, 5.74) is 0.444. The van der Waals surface area contributed by atoms with E-state index in [1.54, 1.807) is 24.4 Å². The Kier molecular flexibility index (Phi) is 4.49. The maximum Gasteiger partial charge on any atom is 0.265 e. The Bertz CT molecular complexity index is 673. The average Bonchev–Trinajstić information content (AvgIpc) is 3.17. The Morgan fingerprint density at radius 2 is 2.32 bits per heavy atom. The molecule has 0 spiro atoms. The minimum absolute atomic E-state index is 0.00200. The zero-order valence-electron chi connectivity index (χ0n) is 12.4. The molecule has 3 rings (SSSR count). The molecule has 1 unspecified atom stereocenters. The second-order valence-corrected chi connectivity index (χ2v) is 6.39. The van der Waals surface area contributed by atoms with Crippen molar-refractivity contribution in [3.05, 3.63) is 41.2 Å². The van der Waals surface area contributed by atoms with E-state index in [-0.39, 0.29) is 17.8 Å². The Morgan fingerprint density at radius 3 is 3.09 bits per heavy atom. The summed E-state index contributed by atoms with van der Waals surface area (Å²) in [4.78, 5) is 19.3. The van der Waals surface area contributed by atoms with Crippen molar-refractivity contribution in [2.24, 2.45) is 0 Å². The number of likely N-dealkylation sites (N-methyl/N-ethyl adjacent to an activating group) is 1. The number of rotatable bonds is 4. The fraction of sp³-hybridized carbons (Fsp3) is 0.375. The van der Waals surface area contributed by atoms with E-state index in [4.69, 9.17) is 0 Å². The topological polar surface area (TPSA) is 45.2 Å². The maximum absolute atomic E-state index is 13.8. The van der Waals surface area contributed by atoms with Crippen LogP contribution in [0.1, 0.15) is 22.5 Å². The zero-order chi connectivity index (χ0) is 15.5. The van der Waals surface area contributed by atoms with Gasteiger partial charge in [0.05, 0.1) is 6.20 Å². The number of halogens is 1. The molecule has 1 aromatic heterocycles. The summed E-state index contributed by atoms with van der Waals surface area (Å²) in [5.74, 6) is -0.317. The summed E-state index contributed by atoms with van der Waals surface area (Å²) >= 11 is 1.25. The SMILES string of the molecule is CNCC1CCCN1C(=O)c1cnc(-c2ccccc2F)s1. The predicted octanol–water partition coefficient (Wildman–Crippen LogP) is 2.77. The highest BCUT2D eigenvalue weighted by molar-refractivity contribution is 7.16. The van der Waals surface area contributed by atoms with Crippen molar-refractivity contribution in [3.8, 4) is 10.6 Å². The summed E-state index contributed by atoms with van der Waals surface area (Å²) in [7, 11) is 1.89. The van der Waals surface area contributed by atoms with E-state index < -0.39 is 0 Å². The van der Waals surface area contributed by atoms with Gasteiger partial charge in [0, 0.05) is 24.7 Å². The fourth-order valence-electron chi connectivity index (χ4n) is 2.82. The lowest BCUT2D eigenvalue weighted by atomic mass is 10.2. The zero-order valence-corrected chi connectivity index (χ0v) is 13.2. The van der Waals surface area contributed by atoms with Crippen LogP contribution in [-0.4, -0.2) is 42.0 Å². The number of aromatic nitrogens is 1. The van der Waals surface area contributed by atoms with Gasteiger partial charge in [-0.25, -0.2) is 9.37 Å². The number of nitrogens with one attached hydrogen (secondary N) is 1. The smallest absolute Gasteiger partial charge is 0.265 e. The molecule has 0 bridgehead atoms. The summed E-state index contributed by atoms with van der Waals surface area (Å²) in [5, 5.41) is 3.68. The molecule has 1 N–H and O–H groups in total. The van der Waals surface area contributed by atoms with Crippen LogP contribution in [-0.2, 0) is 0 Å². The van der Waals surface area contributed by atoms with E-state index in [1.807, 2.05) is 11.9 Å². The third-order valence-electron chi connectivity index (χ3n) is 3.90. The van der Waals surface area contributed by atoms with E-state index >= 15 is 0 Å². The largest absolute Gasteiger partial charge is 0.334 e. The number of likely N-dealkylation sites (tertiary alicyclic amines) is 1. The number of carbonyl (C=O) groups is 1. The van der Waals surface area contributed by atoms with Gasteiger partial charge in [0.15, 0.2) is 0 Å². The molecule has 1 amide bonds. The number of hydrogen-bond donors (Lipinski definition) is 1. The molecule has 2 heterocycles. The van der Waals surface area contributed by atoms with E-state index in [0.717, 1.165) is 25.9 Å². The van der Waals surface area contributed by atoms with Gasteiger partial charge in [-0.1, -0.05) is 12.1 Å². The second kappa shape index (κ2) is 6.54. The van der Waals surface area contributed by atoms with E-state index in [1.165, 1.54) is 17.4 Å². The first-order chi connectivity index (χ1) is 10.7. The number of hydrogen-bond acceptors (Lipinski definition) is 4. The predicted molar refractivity (Wildman–Crippen MR) is 85.5 cm³/mol. The van der Waals surface area contributed by atoms with Gasteiger partial charge in [-0.3, -0.25) is 4.79 Å². The third-order valence-corrected chi connectivity index (χ3v) is 4.92. The number of benzene rings is 1. The minimum Gasteiger partial charge on any atom is -0.334 e. The fourth-order valence-corrected chi connectivity index (χ4v) is 3.72. The summed E-state index contributed by atoms with van der Waals surface area (Å²) in [6, 6.07) is 6.73. The van der Waals surface area contributed by atoms with Crippen LogP contribution in [0.25, 0.3) is 10.6 Å². The van der Waals surface area contributed by atoms with Gasteiger partial charge < -0.3 is 10.2 Å². The van der Waals surface area contributed by atoms with Crippen LogP contribution < -0.4 is 5.32 Å². The van der Waals surface area contributed by atoms with E-state index in [0.29, 0.717) is 15.4 Å². The van der Waals surface area contributed by atoms with Crippen LogP contribution >= 0.6 is 11.3 Å². The van der Waals surface area contributed by atoms with Crippen molar-refractivity contribution in [2.75, 3.05) is 20.1 Å². The van der Waals surface area contributed by atoms with Crippen LogP contribution in [0, 0.1) is 5.82 Å². The quantitative estimate of drug-likeness (QED) is 0.942. The Balaban J connectivity index is 1.82. The van der Waals surface area contributed by atoms with Crippen LogP contribution in [0.5, 0.6) is 0 Å². The molecule has 2 aromatic rings. The maximum atomic E-state index is 13.8. The van der Waals surface area contributed by atoms with E-state index in [9.17, 15) is 9.18 Å². The number of amides is 1. The molecule has 1 atom stereocenters. The minimum atomic E-state index is -0.315. The molecule has 6 heteroatoms. The highest BCUT2D eigenvalue weighted by Gasteiger charge is 2.30. The molecule has 1 aliphatic heterocycles. The van der Waals surface area contributed by atoms with Gasteiger partial charge >= 0.3 is 0 Å². The van der Waals surface area contributed by atoms with Gasteiger partial charge in [-0.05, 0) is 32.0 Å². The first-order valence-electron chi connectivity index (χ1n) is 7.37. The lowest BCUT2D eigenvalue weighted by molar-refractivity contribution is 0.0741.